The number of rotatable bonds is 2. The molecule has 0 radical (unpaired) electrons. The molecule has 0 saturated heterocycles. The molecule has 0 heterocycles. The van der Waals surface area contributed by atoms with Crippen molar-refractivity contribution in [3.8, 4) is 0 Å². The highest BCUT2D eigenvalue weighted by Gasteiger charge is 2.13. The maximum absolute atomic E-state index is 11.4. The van der Waals surface area contributed by atoms with Crippen LogP contribution in [0.2, 0.25) is 0 Å². The molecular formula is C11H16B2O. The number of hydrogen-bond acceptors (Lipinski definition) is 1. The fraction of sp³-hybridized carbons (Fsp3) is 0.364. The minimum absolute atomic E-state index is 0.161. The lowest BCUT2D eigenvalue weighted by Crippen LogP contribution is -2.13. The lowest BCUT2D eigenvalue weighted by Gasteiger charge is -2.18. The quantitative estimate of drug-likeness (QED) is 0.632. The molecule has 0 aliphatic carbocycles. The van der Waals surface area contributed by atoms with Gasteiger partial charge in [0.25, 0.3) is 0 Å². The van der Waals surface area contributed by atoms with Crippen molar-refractivity contribution in [2.24, 2.45) is 0 Å². The van der Waals surface area contributed by atoms with E-state index in [4.69, 9.17) is 0 Å². The van der Waals surface area contributed by atoms with Crippen LogP contribution in [0, 0.1) is 0 Å². The molecule has 0 aliphatic heterocycles. The van der Waals surface area contributed by atoms with E-state index in [1.807, 2.05) is 32.0 Å². The summed E-state index contributed by atoms with van der Waals surface area (Å²) < 4.78 is 0. The molecule has 0 atom stereocenters. The van der Waals surface area contributed by atoms with E-state index in [9.17, 15) is 4.79 Å². The first-order chi connectivity index (χ1) is 6.45. The van der Waals surface area contributed by atoms with Gasteiger partial charge in [-0.2, -0.15) is 0 Å². The zero-order valence-electron chi connectivity index (χ0n) is 9.42. The third kappa shape index (κ3) is 2.50. The van der Waals surface area contributed by atoms with Crippen LogP contribution in [0.1, 0.15) is 36.7 Å². The Balaban J connectivity index is 2.95. The Hall–Kier alpha value is -0.980. The van der Waals surface area contributed by atoms with Crippen molar-refractivity contribution in [1.82, 2.24) is 0 Å². The van der Waals surface area contributed by atoms with Crippen molar-refractivity contribution in [3.05, 3.63) is 35.4 Å². The molecule has 0 unspecified atom stereocenters. The third-order valence-electron chi connectivity index (χ3n) is 2.39. The Morgan fingerprint density at radius 1 is 1.21 bits per heavy atom. The Labute approximate surface area is 87.5 Å². The van der Waals surface area contributed by atoms with Gasteiger partial charge in [0, 0.05) is 5.56 Å². The molecule has 1 aromatic rings. The lowest BCUT2D eigenvalue weighted by atomic mass is 9.51. The zero-order chi connectivity index (χ0) is 10.8. The van der Waals surface area contributed by atoms with Gasteiger partial charge in [-0.3, -0.25) is 0 Å². The molecule has 1 nitrogen and oxygen atoms in total. The first kappa shape index (κ1) is 11.1. The summed E-state index contributed by atoms with van der Waals surface area (Å²) in [4.78, 5) is 11.4. The molecule has 0 saturated carbocycles. The second-order valence-corrected chi connectivity index (χ2v) is 4.60. The van der Waals surface area contributed by atoms with Crippen LogP contribution in [-0.2, 0) is 5.41 Å². The minimum Gasteiger partial charge on any atom is -0.307 e. The minimum atomic E-state index is 0.161. The first-order valence-electron chi connectivity index (χ1n) is 5.09. The van der Waals surface area contributed by atoms with Gasteiger partial charge in [0.2, 0.25) is 0 Å². The van der Waals surface area contributed by atoms with Crippen molar-refractivity contribution in [1.29, 1.82) is 0 Å². The normalized spacial score (nSPS) is 11.1. The molecule has 0 fully saturated rings. The summed E-state index contributed by atoms with van der Waals surface area (Å²) in [5, 5.41) is 0. The summed E-state index contributed by atoms with van der Waals surface area (Å²) in [6.45, 7) is 6.51. The smallest absolute Gasteiger partial charge is 0.172 e. The molecule has 3 heteroatoms. The summed E-state index contributed by atoms with van der Waals surface area (Å²) in [6.07, 6.45) is 0. The van der Waals surface area contributed by atoms with E-state index in [2.05, 4.69) is 20.8 Å². The van der Waals surface area contributed by atoms with Gasteiger partial charge >= 0.3 is 0 Å². The topological polar surface area (TPSA) is 17.1 Å². The van der Waals surface area contributed by atoms with E-state index in [-0.39, 0.29) is 11.1 Å². The number of carbonyl (C=O) groups is 1. The highest BCUT2D eigenvalue weighted by Crippen LogP contribution is 2.22. The molecule has 0 N–H and O–H groups in total. The van der Waals surface area contributed by atoms with Gasteiger partial charge in [-0.05, 0) is 11.0 Å². The monoisotopic (exact) mass is 186 g/mol. The van der Waals surface area contributed by atoms with E-state index in [0.717, 1.165) is 5.56 Å². The van der Waals surface area contributed by atoms with Crippen LogP contribution in [-0.4, -0.2) is 20.6 Å². The zero-order valence-corrected chi connectivity index (χ0v) is 9.42. The molecule has 1 aromatic carbocycles. The van der Waals surface area contributed by atoms with Crippen LogP contribution in [0.25, 0.3) is 0 Å². The van der Waals surface area contributed by atoms with Crippen molar-refractivity contribution in [3.63, 3.8) is 0 Å². The average Bonchev–Trinajstić information content (AvgIpc) is 2.15. The standard InChI is InChI=1S/C11H16B2O/c1-11(2,3)9-6-4-8(5-7-9)10(14)13-12/h4-7,13H,12H2,1-3H3. The van der Waals surface area contributed by atoms with Gasteiger partial charge in [-0.15, -0.1) is 0 Å². The molecule has 1 rings (SSSR count). The van der Waals surface area contributed by atoms with E-state index >= 15 is 0 Å². The summed E-state index contributed by atoms with van der Waals surface area (Å²) in [7, 11) is 2.47. The molecule has 72 valence electrons. The second-order valence-electron chi connectivity index (χ2n) is 4.60. The molecule has 0 aromatic heterocycles. The predicted octanol–water partition coefficient (Wildman–Crippen LogP) is 1.11. The number of benzene rings is 1. The van der Waals surface area contributed by atoms with Crippen molar-refractivity contribution < 1.29 is 4.79 Å². The van der Waals surface area contributed by atoms with Crippen LogP contribution < -0.4 is 0 Å². The van der Waals surface area contributed by atoms with E-state index in [0.29, 0.717) is 7.17 Å². The van der Waals surface area contributed by atoms with E-state index in [1.165, 1.54) is 5.56 Å². The lowest BCUT2D eigenvalue weighted by molar-refractivity contribution is 0.107. The predicted molar refractivity (Wildman–Crippen MR) is 65.2 cm³/mol. The summed E-state index contributed by atoms with van der Waals surface area (Å²) in [5.74, 6) is 0. The van der Waals surface area contributed by atoms with Crippen LogP contribution in [0.5, 0.6) is 0 Å². The number of carbonyl (C=O) groups excluding carboxylic acids is 1. The highest BCUT2D eigenvalue weighted by atomic mass is 16.1. The molecule has 0 amide bonds. The Kier molecular flexibility index (Phi) is 3.20. The maximum atomic E-state index is 11.4. The third-order valence-corrected chi connectivity index (χ3v) is 2.39. The van der Waals surface area contributed by atoms with Gasteiger partial charge in [-0.25, -0.2) is 0 Å². The summed E-state index contributed by atoms with van der Waals surface area (Å²) in [6, 6.07) is 7.94. The van der Waals surface area contributed by atoms with Gasteiger partial charge < -0.3 is 4.79 Å². The molecule has 0 bridgehead atoms. The van der Waals surface area contributed by atoms with Crippen LogP contribution in [0.3, 0.4) is 0 Å². The Morgan fingerprint density at radius 2 is 1.71 bits per heavy atom. The van der Waals surface area contributed by atoms with E-state index < -0.39 is 0 Å². The first-order valence-corrected chi connectivity index (χ1v) is 5.09. The SMILES string of the molecule is BBC(=O)c1ccc(C(C)(C)C)cc1. The Morgan fingerprint density at radius 3 is 2.07 bits per heavy atom. The second kappa shape index (κ2) is 4.03. The van der Waals surface area contributed by atoms with Gasteiger partial charge in [0.15, 0.2) is 7.17 Å². The van der Waals surface area contributed by atoms with Crippen molar-refractivity contribution in [2.75, 3.05) is 0 Å². The summed E-state index contributed by atoms with van der Waals surface area (Å²) >= 11 is 0. The van der Waals surface area contributed by atoms with E-state index in [1.54, 1.807) is 0 Å². The van der Waals surface area contributed by atoms with Crippen LogP contribution in [0.4, 0.5) is 0 Å². The largest absolute Gasteiger partial charge is 0.307 e. The highest BCUT2D eigenvalue weighted by molar-refractivity contribution is 7.09. The fourth-order valence-corrected chi connectivity index (χ4v) is 1.36. The van der Waals surface area contributed by atoms with Gasteiger partial charge in [0.05, 0.1) is 7.74 Å². The Bertz CT molecular complexity index is 322. The van der Waals surface area contributed by atoms with Crippen LogP contribution >= 0.6 is 0 Å². The van der Waals surface area contributed by atoms with Crippen molar-refractivity contribution in [2.45, 2.75) is 26.2 Å². The molecule has 14 heavy (non-hydrogen) atoms. The maximum Gasteiger partial charge on any atom is 0.172 e. The average molecular weight is 186 g/mol. The van der Waals surface area contributed by atoms with Crippen LogP contribution in [0.15, 0.2) is 24.3 Å². The van der Waals surface area contributed by atoms with Gasteiger partial charge in [0.1, 0.15) is 5.68 Å². The summed E-state index contributed by atoms with van der Waals surface area (Å²) in [5.41, 5.74) is 2.46. The molecule has 0 spiro atoms. The van der Waals surface area contributed by atoms with Gasteiger partial charge in [-0.1, -0.05) is 45.0 Å². The molecule has 0 aliphatic rings. The van der Waals surface area contributed by atoms with Crippen molar-refractivity contribution >= 4 is 20.6 Å². The fourth-order valence-electron chi connectivity index (χ4n) is 1.36. The number of hydrogen-bond donors (Lipinski definition) is 0. The molecular weight excluding hydrogens is 170 g/mol.